The second-order valence-corrected chi connectivity index (χ2v) is 2.75. The first kappa shape index (κ1) is 11.1. The van der Waals surface area contributed by atoms with Crippen LogP contribution in [0.1, 0.15) is 13.8 Å². The van der Waals surface area contributed by atoms with Gasteiger partial charge in [0.05, 0.1) is 6.61 Å². The average molecular weight is 173 g/mol. The quantitative estimate of drug-likeness (QED) is 0.375. The van der Waals surface area contributed by atoms with Crippen LogP contribution >= 0.6 is 0 Å². The van der Waals surface area contributed by atoms with E-state index in [1.54, 1.807) is 0 Å². The Hall–Kier alpha value is -0.870. The molecule has 0 atom stereocenters. The highest BCUT2D eigenvalue weighted by Gasteiger charge is 2.09. The summed E-state index contributed by atoms with van der Waals surface area (Å²) in [5.41, 5.74) is 0. The highest BCUT2D eigenvalue weighted by molar-refractivity contribution is 5.85. The molecule has 4 heteroatoms. The van der Waals surface area contributed by atoms with E-state index in [0.29, 0.717) is 12.5 Å². The van der Waals surface area contributed by atoms with E-state index < -0.39 is 12.6 Å². The minimum absolute atomic E-state index is 0.316. The summed E-state index contributed by atoms with van der Waals surface area (Å²) >= 11 is 0. The highest BCUT2D eigenvalue weighted by Crippen LogP contribution is 1.97. The summed E-state index contributed by atoms with van der Waals surface area (Å²) in [4.78, 5) is 15.8. The van der Waals surface area contributed by atoms with E-state index in [0.717, 1.165) is 11.1 Å². The number of carbonyl (C=O) groups excluding carboxylic acids is 1. The summed E-state index contributed by atoms with van der Waals surface area (Å²) in [6.45, 7) is 7.13. The lowest BCUT2D eigenvalue weighted by Crippen LogP contribution is -2.31. The molecule has 0 bridgehead atoms. The summed E-state index contributed by atoms with van der Waals surface area (Å²) in [6, 6.07) is 0. The number of amides is 1. The molecule has 12 heavy (non-hydrogen) atoms. The molecule has 0 radical (unpaired) electrons. The van der Waals surface area contributed by atoms with Gasteiger partial charge in [0.1, 0.15) is 6.73 Å². The SMILES string of the molecule is C=CC(=O)N(CO)OCC(C)C. The molecule has 0 spiro atoms. The molecule has 70 valence electrons. The molecular weight excluding hydrogens is 158 g/mol. The van der Waals surface area contributed by atoms with Gasteiger partial charge in [-0.15, -0.1) is 0 Å². The molecule has 0 rings (SSSR count). The van der Waals surface area contributed by atoms with E-state index in [2.05, 4.69) is 6.58 Å². The Morgan fingerprint density at radius 3 is 2.67 bits per heavy atom. The maximum atomic E-state index is 10.9. The zero-order valence-corrected chi connectivity index (χ0v) is 7.49. The van der Waals surface area contributed by atoms with Crippen molar-refractivity contribution < 1.29 is 14.7 Å². The molecule has 0 saturated heterocycles. The molecule has 1 N–H and O–H groups in total. The molecule has 0 aliphatic heterocycles. The number of rotatable bonds is 5. The first-order valence-electron chi connectivity index (χ1n) is 3.79. The fourth-order valence-corrected chi connectivity index (χ4v) is 0.515. The maximum Gasteiger partial charge on any atom is 0.271 e. The fraction of sp³-hybridized carbons (Fsp3) is 0.625. The Balaban J connectivity index is 3.83. The summed E-state index contributed by atoms with van der Waals surface area (Å²) < 4.78 is 0. The van der Waals surface area contributed by atoms with Crippen molar-refractivity contribution in [3.05, 3.63) is 12.7 Å². The molecule has 1 amide bonds. The van der Waals surface area contributed by atoms with Crippen LogP contribution in [0.4, 0.5) is 0 Å². The van der Waals surface area contributed by atoms with Crippen molar-refractivity contribution >= 4 is 5.91 Å². The lowest BCUT2D eigenvalue weighted by Gasteiger charge is -2.18. The Labute approximate surface area is 72.4 Å². The van der Waals surface area contributed by atoms with Crippen LogP contribution in [-0.4, -0.2) is 29.4 Å². The minimum atomic E-state index is -0.447. The smallest absolute Gasteiger partial charge is 0.271 e. The average Bonchev–Trinajstić information content (AvgIpc) is 2.04. The van der Waals surface area contributed by atoms with Gasteiger partial charge in [-0.05, 0) is 12.0 Å². The van der Waals surface area contributed by atoms with Crippen molar-refractivity contribution in [3.63, 3.8) is 0 Å². The molecule has 0 unspecified atom stereocenters. The van der Waals surface area contributed by atoms with Crippen LogP contribution in [0.5, 0.6) is 0 Å². The maximum absolute atomic E-state index is 10.9. The van der Waals surface area contributed by atoms with E-state index in [4.69, 9.17) is 9.94 Å². The van der Waals surface area contributed by atoms with Crippen molar-refractivity contribution in [2.45, 2.75) is 13.8 Å². The summed E-state index contributed by atoms with van der Waals surface area (Å²) in [6.07, 6.45) is 1.09. The van der Waals surface area contributed by atoms with Gasteiger partial charge in [-0.1, -0.05) is 20.4 Å². The Morgan fingerprint density at radius 2 is 2.33 bits per heavy atom. The van der Waals surface area contributed by atoms with E-state index in [-0.39, 0.29) is 0 Å². The van der Waals surface area contributed by atoms with Gasteiger partial charge in [0, 0.05) is 0 Å². The molecule has 0 aliphatic rings. The molecule has 0 heterocycles. The molecule has 0 aromatic rings. The number of aliphatic hydroxyl groups is 1. The van der Waals surface area contributed by atoms with Crippen molar-refractivity contribution in [2.75, 3.05) is 13.3 Å². The van der Waals surface area contributed by atoms with Gasteiger partial charge < -0.3 is 5.11 Å². The van der Waals surface area contributed by atoms with Crippen LogP contribution in [0, 0.1) is 5.92 Å². The van der Waals surface area contributed by atoms with Crippen LogP contribution < -0.4 is 0 Å². The molecule has 0 fully saturated rings. The molecule has 0 aromatic carbocycles. The Morgan fingerprint density at radius 1 is 1.75 bits per heavy atom. The zero-order valence-electron chi connectivity index (χ0n) is 7.49. The molecule has 0 aromatic heterocycles. The third-order valence-corrected chi connectivity index (χ3v) is 1.11. The van der Waals surface area contributed by atoms with Crippen LogP contribution in [0.25, 0.3) is 0 Å². The van der Waals surface area contributed by atoms with Crippen LogP contribution in [0.15, 0.2) is 12.7 Å². The van der Waals surface area contributed by atoms with E-state index in [9.17, 15) is 4.79 Å². The van der Waals surface area contributed by atoms with Crippen LogP contribution in [0.3, 0.4) is 0 Å². The van der Waals surface area contributed by atoms with Gasteiger partial charge in [-0.2, -0.15) is 5.06 Å². The van der Waals surface area contributed by atoms with Crippen molar-refractivity contribution in [2.24, 2.45) is 5.92 Å². The lowest BCUT2D eigenvalue weighted by atomic mass is 10.2. The van der Waals surface area contributed by atoms with Gasteiger partial charge in [0.15, 0.2) is 0 Å². The lowest BCUT2D eigenvalue weighted by molar-refractivity contribution is -0.204. The number of nitrogens with zero attached hydrogens (tertiary/aromatic N) is 1. The van der Waals surface area contributed by atoms with E-state index >= 15 is 0 Å². The Bertz CT molecular complexity index is 156. The zero-order chi connectivity index (χ0) is 9.56. The monoisotopic (exact) mass is 173 g/mol. The number of hydrogen-bond acceptors (Lipinski definition) is 3. The third kappa shape index (κ3) is 4.10. The predicted octanol–water partition coefficient (Wildman–Crippen LogP) is 0.538. The first-order chi connectivity index (χ1) is 5.61. The summed E-state index contributed by atoms with van der Waals surface area (Å²) in [5, 5.41) is 9.54. The largest absolute Gasteiger partial charge is 0.374 e. The number of hydrogen-bond donors (Lipinski definition) is 1. The van der Waals surface area contributed by atoms with Gasteiger partial charge in [-0.3, -0.25) is 9.63 Å². The Kier molecular flexibility index (Phi) is 5.32. The van der Waals surface area contributed by atoms with Gasteiger partial charge in [0.25, 0.3) is 5.91 Å². The molecule has 4 nitrogen and oxygen atoms in total. The molecule has 0 saturated carbocycles. The third-order valence-electron chi connectivity index (χ3n) is 1.11. The topological polar surface area (TPSA) is 49.8 Å². The fourth-order valence-electron chi connectivity index (χ4n) is 0.515. The standard InChI is InChI=1S/C8H15NO3/c1-4-8(11)9(6-10)12-5-7(2)3/h4,7,10H,1,5-6H2,2-3H3. The van der Waals surface area contributed by atoms with E-state index in [1.807, 2.05) is 13.8 Å². The van der Waals surface area contributed by atoms with Gasteiger partial charge in [0.2, 0.25) is 0 Å². The minimum Gasteiger partial charge on any atom is -0.374 e. The summed E-state index contributed by atoms with van der Waals surface area (Å²) in [5.74, 6) is -0.116. The second kappa shape index (κ2) is 5.74. The van der Waals surface area contributed by atoms with Crippen LogP contribution in [0.2, 0.25) is 0 Å². The molecule has 0 aliphatic carbocycles. The van der Waals surface area contributed by atoms with Gasteiger partial charge in [-0.25, -0.2) is 0 Å². The predicted molar refractivity (Wildman–Crippen MR) is 44.9 cm³/mol. The van der Waals surface area contributed by atoms with Gasteiger partial charge >= 0.3 is 0 Å². The second-order valence-electron chi connectivity index (χ2n) is 2.75. The number of hydroxylamine groups is 2. The molecular formula is C8H15NO3. The van der Waals surface area contributed by atoms with Crippen molar-refractivity contribution in [3.8, 4) is 0 Å². The first-order valence-corrected chi connectivity index (χ1v) is 3.79. The van der Waals surface area contributed by atoms with Crippen molar-refractivity contribution in [1.82, 2.24) is 5.06 Å². The highest BCUT2D eigenvalue weighted by atomic mass is 16.7. The summed E-state index contributed by atoms with van der Waals surface area (Å²) in [7, 11) is 0. The number of aliphatic hydroxyl groups excluding tert-OH is 1. The van der Waals surface area contributed by atoms with Crippen molar-refractivity contribution in [1.29, 1.82) is 0 Å². The van der Waals surface area contributed by atoms with E-state index in [1.165, 1.54) is 0 Å². The number of carbonyl (C=O) groups is 1. The van der Waals surface area contributed by atoms with Crippen LogP contribution in [-0.2, 0) is 9.63 Å². The normalized spacial score (nSPS) is 10.0.